The molecular formula is C44H45F3O6S. The van der Waals surface area contributed by atoms with Crippen molar-refractivity contribution in [1.82, 2.24) is 0 Å². The smallest absolute Gasteiger partial charge is 0.309 e. The van der Waals surface area contributed by atoms with Crippen molar-refractivity contribution in [2.24, 2.45) is 22.7 Å². The van der Waals surface area contributed by atoms with Gasteiger partial charge < -0.3 is 14.6 Å². The number of benzene rings is 3. The van der Waals surface area contributed by atoms with Gasteiger partial charge in [-0.05, 0) is 91.6 Å². The maximum Gasteiger partial charge on any atom is 0.309 e. The summed E-state index contributed by atoms with van der Waals surface area (Å²) in [6.07, 6.45) is -1.27. The topological polar surface area (TPSA) is 89.9 Å². The van der Waals surface area contributed by atoms with Crippen LogP contribution in [0.3, 0.4) is 0 Å². The fourth-order valence-corrected chi connectivity index (χ4v) is 11.1. The van der Waals surface area contributed by atoms with Gasteiger partial charge in [-0.15, -0.1) is 0 Å². The lowest BCUT2D eigenvalue weighted by atomic mass is 9.44. The van der Waals surface area contributed by atoms with Crippen LogP contribution in [0.15, 0.2) is 115 Å². The molecule has 4 aliphatic rings. The van der Waals surface area contributed by atoms with Crippen LogP contribution >= 0.6 is 11.8 Å². The first-order valence-electron chi connectivity index (χ1n) is 18.5. The van der Waals surface area contributed by atoms with Crippen molar-refractivity contribution in [1.29, 1.82) is 0 Å². The molecular weight excluding hydrogens is 714 g/mol. The molecule has 0 unspecified atom stereocenters. The number of esters is 1. The summed E-state index contributed by atoms with van der Waals surface area (Å²) in [5.74, 6) is -3.02. The van der Waals surface area contributed by atoms with Crippen LogP contribution in [-0.4, -0.2) is 57.6 Å². The van der Waals surface area contributed by atoms with E-state index in [1.54, 1.807) is 13.8 Å². The lowest BCUT2D eigenvalue weighted by molar-refractivity contribution is -0.227. The summed E-state index contributed by atoms with van der Waals surface area (Å²) in [6.45, 7) is 4.92. The summed E-state index contributed by atoms with van der Waals surface area (Å²) in [5, 5.41) is 11.1. The standard InChI is InChI=1S/C44H45F3O6S/c1-28(52-43(29-13-7-4-8-14-29,30-15-9-5-10-16-30)31-17-11-6-12-18-31)23-38(50)53-42(39(51)54-27-45)22-20-33-34-25-36(46)35-24-32(48)19-21-40(35,2)44(34,47)37(49)26-41(33,42)3/h4-19,21,24,28,33-34,36-37,49H,20,22-23,25-27H2,1-3H3/t28-,33+,34+,36+,37+,40+,41+,42+,44+/m1/s1. The Morgan fingerprint density at radius 1 is 0.944 bits per heavy atom. The number of thioether (sulfide) groups is 1. The molecule has 0 amide bonds. The monoisotopic (exact) mass is 758 g/mol. The molecule has 7 rings (SSSR count). The molecule has 0 radical (unpaired) electrons. The molecule has 0 aromatic heterocycles. The number of hydrogen-bond donors (Lipinski definition) is 1. The predicted octanol–water partition coefficient (Wildman–Crippen LogP) is 8.56. The minimum atomic E-state index is -2.38. The molecule has 10 heteroatoms. The number of ketones is 1. The summed E-state index contributed by atoms with van der Waals surface area (Å²) < 4.78 is 60.9. The summed E-state index contributed by atoms with van der Waals surface area (Å²) in [7, 11) is 0. The Kier molecular flexibility index (Phi) is 10.1. The van der Waals surface area contributed by atoms with Crippen molar-refractivity contribution < 1.29 is 42.1 Å². The number of allylic oxidation sites excluding steroid dienone is 4. The highest BCUT2D eigenvalue weighted by Crippen LogP contribution is 2.71. The SMILES string of the molecule is C[C@H](CC(=O)O[C@]1(C(=O)SCF)CC[C@H]2[C@@H]3C[C@H](F)C4=CC(=O)C=C[C@]4(C)[C@@]3(F)[C@@H](O)C[C@@]21C)OC(c1ccccc1)(c1ccccc1)c1ccccc1. The normalized spacial score (nSPS) is 33.5. The van der Waals surface area contributed by atoms with Crippen LogP contribution < -0.4 is 0 Å². The van der Waals surface area contributed by atoms with Crippen LogP contribution in [0.2, 0.25) is 0 Å². The van der Waals surface area contributed by atoms with Gasteiger partial charge in [0.1, 0.15) is 17.8 Å². The van der Waals surface area contributed by atoms with E-state index >= 15 is 8.78 Å². The van der Waals surface area contributed by atoms with E-state index in [-0.39, 0.29) is 37.7 Å². The Morgan fingerprint density at radius 2 is 1.50 bits per heavy atom. The van der Waals surface area contributed by atoms with Crippen molar-refractivity contribution in [3.05, 3.63) is 131 Å². The van der Waals surface area contributed by atoms with Gasteiger partial charge in [0.25, 0.3) is 0 Å². The number of rotatable bonds is 10. The highest BCUT2D eigenvalue weighted by atomic mass is 32.2. The van der Waals surface area contributed by atoms with E-state index in [4.69, 9.17) is 9.47 Å². The van der Waals surface area contributed by atoms with E-state index < -0.39 is 80.8 Å². The van der Waals surface area contributed by atoms with Crippen LogP contribution in [0.1, 0.15) is 69.6 Å². The first-order chi connectivity index (χ1) is 25.8. The molecule has 0 bridgehead atoms. The van der Waals surface area contributed by atoms with E-state index in [1.807, 2.05) is 91.0 Å². The number of ether oxygens (including phenoxy) is 2. The molecule has 3 fully saturated rings. The third-order valence-electron chi connectivity index (χ3n) is 12.9. The lowest BCUT2D eigenvalue weighted by Crippen LogP contribution is -2.70. The first kappa shape index (κ1) is 38.3. The number of aliphatic hydroxyl groups is 1. The summed E-state index contributed by atoms with van der Waals surface area (Å²) in [6, 6.07) is 27.9. The van der Waals surface area contributed by atoms with Crippen molar-refractivity contribution >= 4 is 28.6 Å². The number of carbonyl (C=O) groups is 3. The zero-order valence-corrected chi connectivity index (χ0v) is 31.4. The molecule has 0 saturated heterocycles. The molecule has 1 N–H and O–H groups in total. The fourth-order valence-electron chi connectivity index (χ4n) is 10.4. The van der Waals surface area contributed by atoms with E-state index in [0.717, 1.165) is 22.8 Å². The number of aliphatic hydroxyl groups excluding tert-OH is 1. The molecule has 3 aromatic rings. The molecule has 3 aromatic carbocycles. The molecule has 3 saturated carbocycles. The van der Waals surface area contributed by atoms with Gasteiger partial charge in [-0.25, -0.2) is 13.2 Å². The molecule has 54 heavy (non-hydrogen) atoms. The average Bonchev–Trinajstić information content (AvgIpc) is 3.45. The second-order valence-corrected chi connectivity index (χ2v) is 16.5. The van der Waals surface area contributed by atoms with Crippen LogP contribution in [0, 0.1) is 22.7 Å². The third-order valence-corrected chi connectivity index (χ3v) is 13.6. The largest absolute Gasteiger partial charge is 0.449 e. The second-order valence-electron chi connectivity index (χ2n) is 15.7. The summed E-state index contributed by atoms with van der Waals surface area (Å²) in [4.78, 5) is 40.5. The Labute approximate surface area is 318 Å². The summed E-state index contributed by atoms with van der Waals surface area (Å²) >= 11 is 0.371. The number of alkyl halides is 3. The van der Waals surface area contributed by atoms with Crippen molar-refractivity contribution in [2.45, 2.75) is 88.1 Å². The zero-order chi connectivity index (χ0) is 38.5. The quantitative estimate of drug-likeness (QED) is 0.164. The third kappa shape index (κ3) is 5.74. The molecule has 0 heterocycles. The van der Waals surface area contributed by atoms with Gasteiger partial charge in [0.2, 0.25) is 5.12 Å². The maximum absolute atomic E-state index is 17.8. The van der Waals surface area contributed by atoms with E-state index in [9.17, 15) is 23.9 Å². The van der Waals surface area contributed by atoms with Crippen LogP contribution in [0.5, 0.6) is 0 Å². The van der Waals surface area contributed by atoms with Gasteiger partial charge in [-0.2, -0.15) is 0 Å². The molecule has 284 valence electrons. The Balaban J connectivity index is 1.21. The molecule has 6 nitrogen and oxygen atoms in total. The lowest BCUT2D eigenvalue weighted by Gasteiger charge is -2.63. The highest BCUT2D eigenvalue weighted by molar-refractivity contribution is 8.13. The second kappa shape index (κ2) is 14.3. The minimum Gasteiger partial charge on any atom is -0.449 e. The van der Waals surface area contributed by atoms with Crippen molar-refractivity contribution in [2.75, 3.05) is 6.01 Å². The van der Waals surface area contributed by atoms with Gasteiger partial charge in [0.15, 0.2) is 17.1 Å². The van der Waals surface area contributed by atoms with Gasteiger partial charge in [-0.1, -0.05) is 104 Å². The maximum atomic E-state index is 17.8. The van der Waals surface area contributed by atoms with Crippen LogP contribution in [0.25, 0.3) is 0 Å². The highest BCUT2D eigenvalue weighted by Gasteiger charge is 2.76. The summed E-state index contributed by atoms with van der Waals surface area (Å²) in [5.41, 5.74) is -5.95. The Bertz CT molecular complexity index is 1860. The molecule has 4 aliphatic carbocycles. The van der Waals surface area contributed by atoms with E-state index in [1.165, 1.54) is 19.1 Å². The molecule has 0 aliphatic heterocycles. The predicted molar refractivity (Wildman–Crippen MR) is 200 cm³/mol. The Morgan fingerprint density at radius 3 is 2.04 bits per heavy atom. The number of hydrogen-bond acceptors (Lipinski definition) is 7. The number of fused-ring (bicyclic) bond motifs is 5. The van der Waals surface area contributed by atoms with Crippen molar-refractivity contribution in [3.63, 3.8) is 0 Å². The van der Waals surface area contributed by atoms with E-state index in [2.05, 4.69) is 0 Å². The number of halogens is 3. The first-order valence-corrected chi connectivity index (χ1v) is 19.5. The van der Waals surface area contributed by atoms with Gasteiger partial charge in [-0.3, -0.25) is 14.4 Å². The minimum absolute atomic E-state index is 0.0114. The van der Waals surface area contributed by atoms with Gasteiger partial charge >= 0.3 is 5.97 Å². The van der Waals surface area contributed by atoms with Gasteiger partial charge in [0, 0.05) is 16.7 Å². The average molecular weight is 759 g/mol. The van der Waals surface area contributed by atoms with E-state index in [0.29, 0.717) is 11.8 Å². The van der Waals surface area contributed by atoms with Crippen molar-refractivity contribution in [3.8, 4) is 0 Å². The number of carbonyl (C=O) groups excluding carboxylic acids is 3. The van der Waals surface area contributed by atoms with Crippen LogP contribution in [0.4, 0.5) is 13.2 Å². The Hall–Kier alpha value is -3.99. The molecule has 9 atom stereocenters. The van der Waals surface area contributed by atoms with Gasteiger partial charge in [0.05, 0.1) is 18.6 Å². The fraction of sp³-hybridized carbons (Fsp3) is 0.432. The van der Waals surface area contributed by atoms with Crippen LogP contribution in [-0.2, 0) is 29.5 Å². The zero-order valence-electron chi connectivity index (χ0n) is 30.6. The molecule has 0 spiro atoms.